The summed E-state index contributed by atoms with van der Waals surface area (Å²) in [5.41, 5.74) is 3.17. The summed E-state index contributed by atoms with van der Waals surface area (Å²) < 4.78 is 12.6. The van der Waals surface area contributed by atoms with Gasteiger partial charge in [0.1, 0.15) is 11.3 Å². The number of halogens is 2. The maximum absolute atomic E-state index is 12.6. The van der Waals surface area contributed by atoms with Gasteiger partial charge in [-0.15, -0.1) is 0 Å². The van der Waals surface area contributed by atoms with Gasteiger partial charge in [0, 0.05) is 14.8 Å². The van der Waals surface area contributed by atoms with Crippen LogP contribution in [0.2, 0.25) is 5.02 Å². The minimum absolute atomic E-state index is 0.209. The van der Waals surface area contributed by atoms with Crippen molar-refractivity contribution in [3.63, 3.8) is 0 Å². The average molecular weight is 547 g/mol. The minimum Gasteiger partial charge on any atom is -0.493 e. The molecule has 1 N–H and O–H groups in total. The van der Waals surface area contributed by atoms with Gasteiger partial charge in [-0.05, 0) is 89.2 Å². The Morgan fingerprint density at radius 1 is 1.13 bits per heavy atom. The predicted octanol–water partition coefficient (Wildman–Crippen LogP) is 7.04. The standard InChI is InChI=1S/C24H20ClIN2O3/c1-14(2)13-30-18-7-3-15(4-8-18)23(29)27-17-6-10-22-21(12-17)28-24(31-22)19-11-16(26)5-9-20(19)25/h3-12,14H,13H2,1-2H3,(H,27,29). The molecule has 0 saturated heterocycles. The van der Waals surface area contributed by atoms with Crippen LogP contribution < -0.4 is 10.1 Å². The molecule has 0 spiro atoms. The van der Waals surface area contributed by atoms with E-state index >= 15 is 0 Å². The van der Waals surface area contributed by atoms with Gasteiger partial charge < -0.3 is 14.5 Å². The summed E-state index contributed by atoms with van der Waals surface area (Å²) in [6.07, 6.45) is 0. The fraction of sp³-hybridized carbons (Fsp3) is 0.167. The molecule has 0 aliphatic heterocycles. The Balaban J connectivity index is 1.51. The van der Waals surface area contributed by atoms with Crippen molar-refractivity contribution in [2.45, 2.75) is 13.8 Å². The van der Waals surface area contributed by atoms with Crippen LogP contribution in [0.25, 0.3) is 22.6 Å². The van der Waals surface area contributed by atoms with Gasteiger partial charge >= 0.3 is 0 Å². The average Bonchev–Trinajstić information content (AvgIpc) is 3.17. The molecule has 158 valence electrons. The van der Waals surface area contributed by atoms with Crippen LogP contribution in [0, 0.1) is 9.49 Å². The van der Waals surface area contributed by atoms with E-state index in [0.29, 0.717) is 45.8 Å². The zero-order chi connectivity index (χ0) is 22.0. The number of benzene rings is 3. The topological polar surface area (TPSA) is 64.4 Å². The van der Waals surface area contributed by atoms with E-state index in [2.05, 4.69) is 46.7 Å². The summed E-state index contributed by atoms with van der Waals surface area (Å²) in [6.45, 7) is 4.82. The molecule has 3 aromatic carbocycles. The highest BCUT2D eigenvalue weighted by Gasteiger charge is 2.14. The first kappa shape index (κ1) is 21.6. The van der Waals surface area contributed by atoms with Gasteiger partial charge in [-0.25, -0.2) is 4.98 Å². The molecule has 0 aliphatic carbocycles. The Morgan fingerprint density at radius 3 is 2.65 bits per heavy atom. The molecular formula is C24H20ClIN2O3. The molecule has 0 atom stereocenters. The molecular weight excluding hydrogens is 527 g/mol. The lowest BCUT2D eigenvalue weighted by molar-refractivity contribution is 0.102. The smallest absolute Gasteiger partial charge is 0.255 e. The molecule has 4 rings (SSSR count). The van der Waals surface area contributed by atoms with Crippen molar-refractivity contribution < 1.29 is 13.9 Å². The third-order valence-corrected chi connectivity index (χ3v) is 5.50. The summed E-state index contributed by atoms with van der Waals surface area (Å²) in [4.78, 5) is 17.2. The van der Waals surface area contributed by atoms with Crippen molar-refractivity contribution in [3.05, 3.63) is 74.8 Å². The zero-order valence-electron chi connectivity index (χ0n) is 17.0. The van der Waals surface area contributed by atoms with Crippen LogP contribution in [0.3, 0.4) is 0 Å². The van der Waals surface area contributed by atoms with Crippen molar-refractivity contribution in [1.29, 1.82) is 0 Å². The van der Waals surface area contributed by atoms with Crippen LogP contribution >= 0.6 is 34.2 Å². The number of hydrogen-bond acceptors (Lipinski definition) is 4. The van der Waals surface area contributed by atoms with Crippen LogP contribution in [-0.4, -0.2) is 17.5 Å². The Morgan fingerprint density at radius 2 is 1.90 bits per heavy atom. The van der Waals surface area contributed by atoms with Gasteiger partial charge in [-0.3, -0.25) is 4.79 Å². The monoisotopic (exact) mass is 546 g/mol. The van der Waals surface area contributed by atoms with Crippen molar-refractivity contribution in [3.8, 4) is 17.2 Å². The molecule has 31 heavy (non-hydrogen) atoms. The Bertz CT molecular complexity index is 1240. The van der Waals surface area contributed by atoms with E-state index in [1.165, 1.54) is 0 Å². The van der Waals surface area contributed by atoms with E-state index in [4.69, 9.17) is 20.8 Å². The molecule has 0 bridgehead atoms. The summed E-state index contributed by atoms with van der Waals surface area (Å²) in [7, 11) is 0. The molecule has 0 saturated carbocycles. The second-order valence-corrected chi connectivity index (χ2v) is 9.16. The van der Waals surface area contributed by atoms with E-state index in [1.54, 1.807) is 42.5 Å². The maximum Gasteiger partial charge on any atom is 0.255 e. The Kier molecular flexibility index (Phi) is 6.48. The quantitative estimate of drug-likeness (QED) is 0.264. The number of hydrogen-bond donors (Lipinski definition) is 1. The molecule has 7 heteroatoms. The largest absolute Gasteiger partial charge is 0.493 e. The van der Waals surface area contributed by atoms with E-state index in [0.717, 1.165) is 14.9 Å². The van der Waals surface area contributed by atoms with Crippen LogP contribution in [0.1, 0.15) is 24.2 Å². The van der Waals surface area contributed by atoms with Crippen molar-refractivity contribution in [1.82, 2.24) is 4.98 Å². The molecule has 1 heterocycles. The fourth-order valence-corrected chi connectivity index (χ4v) is 3.64. The molecule has 4 aromatic rings. The molecule has 1 amide bonds. The lowest BCUT2D eigenvalue weighted by atomic mass is 10.2. The van der Waals surface area contributed by atoms with Crippen LogP contribution in [0.5, 0.6) is 5.75 Å². The van der Waals surface area contributed by atoms with Gasteiger partial charge in [-0.2, -0.15) is 0 Å². The third-order valence-electron chi connectivity index (χ3n) is 4.50. The minimum atomic E-state index is -0.209. The molecule has 0 radical (unpaired) electrons. The summed E-state index contributed by atoms with van der Waals surface area (Å²) in [6, 6.07) is 18.1. The summed E-state index contributed by atoms with van der Waals surface area (Å²) in [5.74, 6) is 1.42. The number of ether oxygens (including phenoxy) is 1. The van der Waals surface area contributed by atoms with Gasteiger partial charge in [0.15, 0.2) is 5.58 Å². The van der Waals surface area contributed by atoms with E-state index in [-0.39, 0.29) is 5.91 Å². The zero-order valence-corrected chi connectivity index (χ0v) is 19.9. The number of rotatable bonds is 6. The number of nitrogens with one attached hydrogen (secondary N) is 1. The highest BCUT2D eigenvalue weighted by atomic mass is 127. The normalized spacial score (nSPS) is 11.1. The van der Waals surface area contributed by atoms with Crippen molar-refractivity contribution in [2.75, 3.05) is 11.9 Å². The third kappa shape index (κ3) is 5.19. The maximum atomic E-state index is 12.6. The number of carbonyl (C=O) groups is 1. The highest BCUT2D eigenvalue weighted by molar-refractivity contribution is 14.1. The summed E-state index contributed by atoms with van der Waals surface area (Å²) >= 11 is 8.52. The Hall–Kier alpha value is -2.58. The number of aromatic nitrogens is 1. The van der Waals surface area contributed by atoms with Gasteiger partial charge in [0.2, 0.25) is 5.89 Å². The van der Waals surface area contributed by atoms with Gasteiger partial charge in [-0.1, -0.05) is 25.4 Å². The number of fused-ring (bicyclic) bond motifs is 1. The van der Waals surface area contributed by atoms with Crippen molar-refractivity contribution in [2.24, 2.45) is 5.92 Å². The first-order valence-corrected chi connectivity index (χ1v) is 11.2. The van der Waals surface area contributed by atoms with E-state index < -0.39 is 0 Å². The SMILES string of the molecule is CC(C)COc1ccc(C(=O)Nc2ccc3oc(-c4cc(I)ccc4Cl)nc3c2)cc1. The number of anilines is 1. The first-order valence-electron chi connectivity index (χ1n) is 9.79. The van der Waals surface area contributed by atoms with Crippen LogP contribution in [0.4, 0.5) is 5.69 Å². The molecule has 1 aromatic heterocycles. The van der Waals surface area contributed by atoms with Gasteiger partial charge in [0.25, 0.3) is 5.91 Å². The van der Waals surface area contributed by atoms with E-state index in [9.17, 15) is 4.79 Å². The molecule has 0 aliphatic rings. The fourth-order valence-electron chi connectivity index (χ4n) is 2.95. The van der Waals surface area contributed by atoms with E-state index in [1.807, 2.05) is 18.2 Å². The second kappa shape index (κ2) is 9.28. The molecule has 0 unspecified atom stereocenters. The summed E-state index contributed by atoms with van der Waals surface area (Å²) in [5, 5.41) is 3.47. The molecule has 0 fully saturated rings. The van der Waals surface area contributed by atoms with Crippen molar-refractivity contribution >= 4 is 56.9 Å². The van der Waals surface area contributed by atoms with Crippen LogP contribution in [-0.2, 0) is 0 Å². The second-order valence-electron chi connectivity index (χ2n) is 7.51. The highest BCUT2D eigenvalue weighted by Crippen LogP contribution is 2.32. The number of amides is 1. The molecule has 5 nitrogen and oxygen atoms in total. The lowest BCUT2D eigenvalue weighted by Gasteiger charge is -2.09. The number of carbonyl (C=O) groups excluding carboxylic acids is 1. The first-order chi connectivity index (χ1) is 14.9. The number of nitrogens with zero attached hydrogens (tertiary/aromatic N) is 1. The number of oxazole rings is 1. The predicted molar refractivity (Wildman–Crippen MR) is 132 cm³/mol. The lowest BCUT2D eigenvalue weighted by Crippen LogP contribution is -2.12. The Labute approximate surface area is 198 Å². The van der Waals surface area contributed by atoms with Crippen LogP contribution in [0.15, 0.2) is 65.1 Å². The van der Waals surface area contributed by atoms with Gasteiger partial charge in [0.05, 0.1) is 17.2 Å².